The van der Waals surface area contributed by atoms with Crippen molar-refractivity contribution in [2.45, 2.75) is 32.6 Å². The number of nitriles is 1. The Bertz CT molecular complexity index is 1180. The number of carbonyl (C=O) groups is 1. The third kappa shape index (κ3) is 5.09. The average molecular weight is 476 g/mol. The van der Waals surface area contributed by atoms with Crippen LogP contribution in [0, 0.1) is 11.3 Å². The number of nitrogens with zero attached hydrogens (tertiary/aromatic N) is 5. The molecule has 0 N–H and O–H groups in total. The molecule has 2 aromatic heterocycles. The van der Waals surface area contributed by atoms with Crippen LogP contribution in [-0.2, 0) is 11.3 Å². The quantitative estimate of drug-likeness (QED) is 0.554. The highest BCUT2D eigenvalue weighted by atomic mass is 16.5. The van der Waals surface area contributed by atoms with Crippen LogP contribution in [0.4, 0.5) is 5.88 Å². The summed E-state index contributed by atoms with van der Waals surface area (Å²) < 4.78 is 17.0. The molecule has 2 saturated heterocycles. The Morgan fingerprint density at radius 3 is 2.43 bits per heavy atom. The van der Waals surface area contributed by atoms with Crippen LogP contribution in [0.5, 0.6) is 0 Å². The Hall–Kier alpha value is -3.61. The Morgan fingerprint density at radius 1 is 1.09 bits per heavy atom. The summed E-state index contributed by atoms with van der Waals surface area (Å²) in [6.07, 6.45) is 2.00. The molecule has 0 bridgehead atoms. The number of piperazine rings is 1. The smallest absolute Gasteiger partial charge is 0.266 e. The molecular formula is C26H29N5O4. The van der Waals surface area contributed by atoms with Gasteiger partial charge in [0.05, 0.1) is 18.5 Å². The van der Waals surface area contributed by atoms with Crippen molar-refractivity contribution in [2.24, 2.45) is 0 Å². The molecule has 0 radical (unpaired) electrons. The molecule has 2 aliphatic rings. The zero-order valence-electron chi connectivity index (χ0n) is 20.0. The predicted octanol–water partition coefficient (Wildman–Crippen LogP) is 3.38. The van der Waals surface area contributed by atoms with Crippen molar-refractivity contribution >= 4 is 11.8 Å². The normalized spacial score (nSPS) is 21.2. The molecule has 0 spiro atoms. The zero-order chi connectivity index (χ0) is 24.4. The van der Waals surface area contributed by atoms with Crippen LogP contribution in [0.2, 0.25) is 0 Å². The molecule has 0 aliphatic carbocycles. The van der Waals surface area contributed by atoms with E-state index in [9.17, 15) is 10.1 Å². The van der Waals surface area contributed by atoms with E-state index in [4.69, 9.17) is 13.6 Å². The molecule has 1 aromatic carbocycles. The number of oxazole rings is 1. The van der Waals surface area contributed by atoms with E-state index < -0.39 is 0 Å². The standard InChI is InChI=1S/C26H29N5O4/c1-18-15-29(16-19(2)34-18)17-20-5-7-21(8-6-20)25(32)30-9-11-31(12-10-30)26-22(14-27)28-24(35-26)23-4-3-13-33-23/h3-8,13,18-19H,9-12,15-17H2,1-2H3. The van der Waals surface area contributed by atoms with Gasteiger partial charge in [-0.3, -0.25) is 9.69 Å². The molecule has 2 unspecified atom stereocenters. The molecule has 35 heavy (non-hydrogen) atoms. The Balaban J connectivity index is 1.19. The molecule has 0 saturated carbocycles. The van der Waals surface area contributed by atoms with Gasteiger partial charge in [0.15, 0.2) is 5.76 Å². The number of benzene rings is 1. The lowest BCUT2D eigenvalue weighted by molar-refractivity contribution is -0.0704. The topological polar surface area (TPSA) is 99.0 Å². The van der Waals surface area contributed by atoms with Crippen LogP contribution in [0.1, 0.15) is 35.5 Å². The molecule has 9 heteroatoms. The van der Waals surface area contributed by atoms with E-state index in [-0.39, 0.29) is 29.7 Å². The maximum Gasteiger partial charge on any atom is 0.266 e. The first-order valence-corrected chi connectivity index (χ1v) is 12.0. The van der Waals surface area contributed by atoms with Gasteiger partial charge in [0, 0.05) is 51.4 Å². The van der Waals surface area contributed by atoms with Crippen molar-refractivity contribution in [2.75, 3.05) is 44.2 Å². The fraction of sp³-hybridized carbons (Fsp3) is 0.423. The van der Waals surface area contributed by atoms with Gasteiger partial charge in [-0.2, -0.15) is 10.2 Å². The Kier molecular flexibility index (Phi) is 6.57. The summed E-state index contributed by atoms with van der Waals surface area (Å²) in [6.45, 7) is 9.06. The van der Waals surface area contributed by atoms with Crippen molar-refractivity contribution in [3.8, 4) is 17.7 Å². The highest BCUT2D eigenvalue weighted by Gasteiger charge is 2.28. The maximum absolute atomic E-state index is 13.1. The number of anilines is 1. The number of carbonyl (C=O) groups excluding carboxylic acids is 1. The predicted molar refractivity (Wildman–Crippen MR) is 129 cm³/mol. The van der Waals surface area contributed by atoms with Crippen molar-refractivity contribution in [1.29, 1.82) is 5.26 Å². The van der Waals surface area contributed by atoms with Gasteiger partial charge in [0.25, 0.3) is 11.8 Å². The maximum atomic E-state index is 13.1. The van der Waals surface area contributed by atoms with Gasteiger partial charge in [-0.05, 0) is 43.7 Å². The van der Waals surface area contributed by atoms with Crippen molar-refractivity contribution in [1.82, 2.24) is 14.8 Å². The average Bonchev–Trinajstić information content (AvgIpc) is 3.54. The van der Waals surface area contributed by atoms with Crippen molar-refractivity contribution in [3.63, 3.8) is 0 Å². The van der Waals surface area contributed by atoms with Crippen LogP contribution in [0.25, 0.3) is 11.7 Å². The van der Waals surface area contributed by atoms with Crippen LogP contribution in [0.3, 0.4) is 0 Å². The third-order valence-corrected chi connectivity index (χ3v) is 6.40. The number of hydrogen-bond donors (Lipinski definition) is 0. The van der Waals surface area contributed by atoms with Gasteiger partial charge in [-0.25, -0.2) is 0 Å². The molecule has 4 heterocycles. The molecule has 9 nitrogen and oxygen atoms in total. The minimum Gasteiger partial charge on any atom is -0.459 e. The summed E-state index contributed by atoms with van der Waals surface area (Å²) in [7, 11) is 0. The number of ether oxygens (including phenoxy) is 1. The molecule has 5 rings (SSSR count). The molecule has 3 aromatic rings. The minimum absolute atomic E-state index is 0.0131. The van der Waals surface area contributed by atoms with Crippen LogP contribution in [0.15, 0.2) is 51.5 Å². The second-order valence-corrected chi connectivity index (χ2v) is 9.19. The molecule has 182 valence electrons. The van der Waals surface area contributed by atoms with Crippen LogP contribution >= 0.6 is 0 Å². The van der Waals surface area contributed by atoms with E-state index in [1.165, 1.54) is 11.8 Å². The number of amides is 1. The Labute approximate surface area is 204 Å². The summed E-state index contributed by atoms with van der Waals surface area (Å²) in [5.41, 5.74) is 2.09. The lowest BCUT2D eigenvalue weighted by Crippen LogP contribution is -2.48. The lowest BCUT2D eigenvalue weighted by atomic mass is 10.1. The van der Waals surface area contributed by atoms with E-state index in [1.54, 1.807) is 12.1 Å². The second-order valence-electron chi connectivity index (χ2n) is 9.19. The van der Waals surface area contributed by atoms with E-state index in [2.05, 4.69) is 29.8 Å². The van der Waals surface area contributed by atoms with E-state index >= 15 is 0 Å². The highest BCUT2D eigenvalue weighted by Crippen LogP contribution is 2.29. The van der Waals surface area contributed by atoms with E-state index in [0.717, 1.165) is 19.6 Å². The van der Waals surface area contributed by atoms with Crippen LogP contribution in [-0.4, -0.2) is 72.2 Å². The minimum atomic E-state index is 0.0131. The largest absolute Gasteiger partial charge is 0.459 e. The van der Waals surface area contributed by atoms with E-state index in [1.807, 2.05) is 34.1 Å². The molecular weight excluding hydrogens is 446 g/mol. The molecule has 2 fully saturated rings. The summed E-state index contributed by atoms with van der Waals surface area (Å²) in [4.78, 5) is 23.5. The summed E-state index contributed by atoms with van der Waals surface area (Å²) in [6, 6.07) is 13.5. The second kappa shape index (κ2) is 9.94. The summed E-state index contributed by atoms with van der Waals surface area (Å²) in [5.74, 6) is 1.19. The SMILES string of the molecule is CC1CN(Cc2ccc(C(=O)N3CCN(c4oc(-c5ccco5)nc4C#N)CC3)cc2)CC(C)O1. The Morgan fingerprint density at radius 2 is 1.80 bits per heavy atom. The molecule has 1 amide bonds. The van der Waals surface area contributed by atoms with Gasteiger partial charge in [0.1, 0.15) is 6.07 Å². The van der Waals surface area contributed by atoms with Gasteiger partial charge in [0.2, 0.25) is 11.6 Å². The van der Waals surface area contributed by atoms with Crippen molar-refractivity contribution in [3.05, 3.63) is 59.5 Å². The van der Waals surface area contributed by atoms with Gasteiger partial charge < -0.3 is 23.4 Å². The first kappa shape index (κ1) is 23.1. The third-order valence-electron chi connectivity index (χ3n) is 6.40. The van der Waals surface area contributed by atoms with E-state index in [0.29, 0.717) is 43.4 Å². The summed E-state index contributed by atoms with van der Waals surface area (Å²) >= 11 is 0. The van der Waals surface area contributed by atoms with Gasteiger partial charge >= 0.3 is 0 Å². The molecule has 2 aliphatic heterocycles. The number of furan rings is 1. The number of rotatable bonds is 5. The molecule has 2 atom stereocenters. The summed E-state index contributed by atoms with van der Waals surface area (Å²) in [5, 5.41) is 9.50. The van der Waals surface area contributed by atoms with Crippen molar-refractivity contribution < 1.29 is 18.4 Å². The monoisotopic (exact) mass is 475 g/mol. The van der Waals surface area contributed by atoms with Gasteiger partial charge in [-0.1, -0.05) is 12.1 Å². The fourth-order valence-corrected chi connectivity index (χ4v) is 4.82. The fourth-order valence-electron chi connectivity index (χ4n) is 4.82. The lowest BCUT2D eigenvalue weighted by Gasteiger charge is -2.35. The zero-order valence-corrected chi connectivity index (χ0v) is 20.0. The number of morpholine rings is 1. The highest BCUT2D eigenvalue weighted by molar-refractivity contribution is 5.94. The van der Waals surface area contributed by atoms with Crippen LogP contribution < -0.4 is 4.90 Å². The first-order valence-electron chi connectivity index (χ1n) is 12.0. The number of hydrogen-bond acceptors (Lipinski definition) is 8. The van der Waals surface area contributed by atoms with Gasteiger partial charge in [-0.15, -0.1) is 0 Å². The number of aromatic nitrogens is 1. The first-order chi connectivity index (χ1) is 17.0.